The molecule has 1 aliphatic rings. The topological polar surface area (TPSA) is 147 Å². The second-order valence-electron chi connectivity index (χ2n) is 11.3. The fourth-order valence-corrected chi connectivity index (χ4v) is 6.77. The highest BCUT2D eigenvalue weighted by molar-refractivity contribution is 7.91. The van der Waals surface area contributed by atoms with Gasteiger partial charge < -0.3 is 20.1 Å². The summed E-state index contributed by atoms with van der Waals surface area (Å²) >= 11 is 0. The average molecular weight is 679 g/mol. The molecule has 2 aromatic heterocycles. The molecule has 6 rings (SSSR count). The molecule has 0 spiro atoms. The number of sulfonamides is 1. The summed E-state index contributed by atoms with van der Waals surface area (Å²) in [5.41, 5.74) is 1.09. The number of nitrogens with zero attached hydrogens (tertiary/aromatic N) is 4. The number of amides is 1. The van der Waals surface area contributed by atoms with Gasteiger partial charge in [-0.2, -0.15) is 0 Å². The lowest BCUT2D eigenvalue weighted by Gasteiger charge is -2.33. The largest absolute Gasteiger partial charge is 0.465 e. The number of carboxylic acid groups (broad SMARTS) is 1. The molecule has 1 saturated heterocycles. The standard InChI is InChI=1S/C33H29F3N6O5S/c1-19-8-9-23-24(10-11-27(36)29(23)41-48(45,46)18-20-5-2-3-7-26(20)35)30(19)47-31-25(6-4-13-37-31)28-12-14-38-32(40-28)39-22-15-21(34)16-42(17-22)33(43)44/h2-14,21-22,41H,15-18H2,1H3,(H,43,44)(H,38,39,40)/t21-,22-/m0/s1. The zero-order chi connectivity index (χ0) is 34.0. The normalized spacial score (nSPS) is 16.5. The zero-order valence-electron chi connectivity index (χ0n) is 25.4. The van der Waals surface area contributed by atoms with Crippen molar-refractivity contribution in [3.8, 4) is 22.9 Å². The predicted molar refractivity (Wildman–Crippen MR) is 173 cm³/mol. The molecule has 0 radical (unpaired) electrons. The number of alkyl halides is 1. The number of anilines is 2. The molecular weight excluding hydrogens is 649 g/mol. The van der Waals surface area contributed by atoms with Crippen molar-refractivity contribution in [3.63, 3.8) is 0 Å². The van der Waals surface area contributed by atoms with Crippen molar-refractivity contribution >= 4 is 38.5 Å². The molecule has 0 unspecified atom stereocenters. The molecule has 2 atom stereocenters. The minimum Gasteiger partial charge on any atom is -0.465 e. The molecule has 0 saturated carbocycles. The molecule has 5 aromatic rings. The van der Waals surface area contributed by atoms with Gasteiger partial charge in [0, 0.05) is 47.7 Å². The fourth-order valence-electron chi connectivity index (χ4n) is 5.53. The number of aromatic nitrogens is 3. The average Bonchev–Trinajstić information content (AvgIpc) is 3.04. The Balaban J connectivity index is 1.30. The lowest BCUT2D eigenvalue weighted by molar-refractivity contribution is 0.102. The number of rotatable bonds is 9. The van der Waals surface area contributed by atoms with Crippen LogP contribution in [0.15, 0.2) is 79.1 Å². The molecule has 1 amide bonds. The van der Waals surface area contributed by atoms with E-state index >= 15 is 4.39 Å². The van der Waals surface area contributed by atoms with E-state index in [0.29, 0.717) is 22.2 Å². The number of fused-ring (bicyclic) bond motifs is 1. The molecule has 48 heavy (non-hydrogen) atoms. The van der Waals surface area contributed by atoms with Crippen LogP contribution in [0.3, 0.4) is 0 Å². The first-order chi connectivity index (χ1) is 23.0. The van der Waals surface area contributed by atoms with Gasteiger partial charge in [-0.3, -0.25) is 4.72 Å². The van der Waals surface area contributed by atoms with Crippen LogP contribution in [0.2, 0.25) is 0 Å². The molecule has 0 aliphatic carbocycles. The van der Waals surface area contributed by atoms with Crippen LogP contribution in [-0.4, -0.2) is 64.8 Å². The van der Waals surface area contributed by atoms with Gasteiger partial charge in [-0.25, -0.2) is 41.3 Å². The minimum absolute atomic E-state index is 0.0623. The number of aryl methyl sites for hydroxylation is 1. The number of pyridine rings is 1. The number of carbonyl (C=O) groups is 1. The molecule has 11 nitrogen and oxygen atoms in total. The summed E-state index contributed by atoms with van der Waals surface area (Å²) < 4.78 is 78.3. The van der Waals surface area contributed by atoms with E-state index in [9.17, 15) is 27.1 Å². The Bertz CT molecular complexity index is 2120. The van der Waals surface area contributed by atoms with E-state index in [1.165, 1.54) is 36.7 Å². The highest BCUT2D eigenvalue weighted by atomic mass is 32.2. The molecule has 3 aromatic carbocycles. The number of halogens is 3. The second-order valence-corrected chi connectivity index (χ2v) is 13.0. The Labute approximate surface area is 273 Å². The highest BCUT2D eigenvalue weighted by Gasteiger charge is 2.30. The molecule has 15 heteroatoms. The maximum absolute atomic E-state index is 15.2. The third kappa shape index (κ3) is 7.10. The molecule has 1 fully saturated rings. The van der Waals surface area contributed by atoms with Gasteiger partial charge >= 0.3 is 6.09 Å². The van der Waals surface area contributed by atoms with Crippen LogP contribution in [-0.2, 0) is 15.8 Å². The van der Waals surface area contributed by atoms with Crippen LogP contribution in [0.1, 0.15) is 17.5 Å². The molecule has 3 heterocycles. The third-order valence-electron chi connectivity index (χ3n) is 7.76. The summed E-state index contributed by atoms with van der Waals surface area (Å²) in [7, 11) is -4.23. The molecule has 1 aliphatic heterocycles. The zero-order valence-corrected chi connectivity index (χ0v) is 26.2. The van der Waals surface area contributed by atoms with Crippen molar-refractivity contribution in [2.45, 2.75) is 31.3 Å². The van der Waals surface area contributed by atoms with Gasteiger partial charge in [0.2, 0.25) is 21.9 Å². The maximum Gasteiger partial charge on any atom is 0.407 e. The Morgan fingerprint density at radius 2 is 1.77 bits per heavy atom. The van der Waals surface area contributed by atoms with Crippen LogP contribution in [0.4, 0.5) is 29.6 Å². The minimum atomic E-state index is -4.23. The molecule has 0 bridgehead atoms. The summed E-state index contributed by atoms with van der Waals surface area (Å²) in [5.74, 6) is -1.68. The number of benzene rings is 3. The van der Waals surface area contributed by atoms with Gasteiger partial charge in [0.15, 0.2) is 0 Å². The quantitative estimate of drug-likeness (QED) is 0.159. The van der Waals surface area contributed by atoms with Crippen LogP contribution in [0.5, 0.6) is 11.6 Å². The smallest absolute Gasteiger partial charge is 0.407 e. The van der Waals surface area contributed by atoms with E-state index in [1.807, 2.05) is 0 Å². The van der Waals surface area contributed by atoms with Gasteiger partial charge in [0.05, 0.1) is 29.2 Å². The van der Waals surface area contributed by atoms with Crippen molar-refractivity contribution in [3.05, 3.63) is 102 Å². The van der Waals surface area contributed by atoms with Crippen molar-refractivity contribution < 1.29 is 36.2 Å². The van der Waals surface area contributed by atoms with Gasteiger partial charge in [-0.15, -0.1) is 0 Å². The summed E-state index contributed by atoms with van der Waals surface area (Å²) in [5, 5.41) is 12.9. The van der Waals surface area contributed by atoms with Gasteiger partial charge in [0.1, 0.15) is 23.6 Å². The number of likely N-dealkylation sites (tertiary alicyclic amines) is 1. The first-order valence-corrected chi connectivity index (χ1v) is 16.4. The number of piperidine rings is 1. The number of nitrogens with one attached hydrogen (secondary N) is 2. The second kappa shape index (κ2) is 13.4. The first-order valence-electron chi connectivity index (χ1n) is 14.8. The van der Waals surface area contributed by atoms with E-state index in [4.69, 9.17) is 4.74 Å². The molecular formula is C33H29F3N6O5S. The first kappa shape index (κ1) is 32.5. The fraction of sp³-hybridized carbons (Fsp3) is 0.212. The highest BCUT2D eigenvalue weighted by Crippen LogP contribution is 2.40. The Morgan fingerprint density at radius 1 is 0.979 bits per heavy atom. The van der Waals surface area contributed by atoms with Gasteiger partial charge in [-0.05, 0) is 48.9 Å². The number of hydrogen-bond acceptors (Lipinski definition) is 8. The lowest BCUT2D eigenvalue weighted by Crippen LogP contribution is -2.49. The van der Waals surface area contributed by atoms with Crippen LogP contribution in [0.25, 0.3) is 22.0 Å². The van der Waals surface area contributed by atoms with Crippen LogP contribution >= 0.6 is 0 Å². The summed E-state index contributed by atoms with van der Waals surface area (Å²) in [6.07, 6.45) is 0.521. The Morgan fingerprint density at radius 3 is 2.56 bits per heavy atom. The lowest BCUT2D eigenvalue weighted by atomic mass is 10.0. The van der Waals surface area contributed by atoms with Crippen LogP contribution in [0, 0.1) is 18.6 Å². The van der Waals surface area contributed by atoms with E-state index in [1.54, 1.807) is 37.3 Å². The summed E-state index contributed by atoms with van der Waals surface area (Å²) in [4.78, 5) is 25.6. The van der Waals surface area contributed by atoms with Gasteiger partial charge in [0.25, 0.3) is 0 Å². The van der Waals surface area contributed by atoms with E-state index in [2.05, 4.69) is 25.0 Å². The third-order valence-corrected chi connectivity index (χ3v) is 8.97. The number of hydrogen-bond donors (Lipinski definition) is 3. The van der Waals surface area contributed by atoms with Gasteiger partial charge in [-0.1, -0.05) is 30.3 Å². The van der Waals surface area contributed by atoms with Crippen molar-refractivity contribution in [2.24, 2.45) is 0 Å². The van der Waals surface area contributed by atoms with Crippen molar-refractivity contribution in [2.75, 3.05) is 23.1 Å². The molecule has 248 valence electrons. The number of ether oxygens (including phenoxy) is 1. The van der Waals surface area contributed by atoms with Crippen molar-refractivity contribution in [1.82, 2.24) is 19.9 Å². The predicted octanol–water partition coefficient (Wildman–Crippen LogP) is 6.51. The summed E-state index contributed by atoms with van der Waals surface area (Å²) in [6, 6.07) is 15.6. The Hall–Kier alpha value is -5.44. The molecule has 3 N–H and O–H groups in total. The van der Waals surface area contributed by atoms with E-state index in [-0.39, 0.29) is 53.7 Å². The van der Waals surface area contributed by atoms with Crippen molar-refractivity contribution in [1.29, 1.82) is 0 Å². The maximum atomic E-state index is 15.2. The Kier molecular flexibility index (Phi) is 9.04. The summed E-state index contributed by atoms with van der Waals surface area (Å²) in [6.45, 7) is 1.62. The van der Waals surface area contributed by atoms with E-state index < -0.39 is 45.7 Å². The van der Waals surface area contributed by atoms with Crippen LogP contribution < -0.4 is 14.8 Å². The SMILES string of the molecule is Cc1ccc2c(NS(=O)(=O)Cc3ccccc3F)c(F)ccc2c1Oc1ncccc1-c1ccnc(N[C@H]2C[C@H](F)CN(C(=O)O)C2)n1. The monoisotopic (exact) mass is 678 g/mol. The van der Waals surface area contributed by atoms with E-state index in [0.717, 1.165) is 17.0 Å².